The first kappa shape index (κ1) is 72.4. The van der Waals surface area contributed by atoms with Crippen LogP contribution in [0, 0.1) is 5.92 Å². The molecule has 0 aliphatic carbocycles. The number of carboxylic acids is 3. The van der Waals surface area contributed by atoms with Gasteiger partial charge >= 0.3 is 25.7 Å². The zero-order chi connectivity index (χ0) is 65.5. The van der Waals surface area contributed by atoms with Crippen LogP contribution in [0.15, 0.2) is 24.3 Å². The van der Waals surface area contributed by atoms with Crippen LogP contribution in [0.5, 0.6) is 5.75 Å². The summed E-state index contributed by atoms with van der Waals surface area (Å²) in [5, 5.41) is 44.5. The van der Waals surface area contributed by atoms with Crippen molar-refractivity contribution in [1.29, 1.82) is 0 Å². The number of primary amides is 3. The summed E-state index contributed by atoms with van der Waals surface area (Å²) in [6.45, 7) is 2.38. The fourth-order valence-corrected chi connectivity index (χ4v) is 9.75. The van der Waals surface area contributed by atoms with Gasteiger partial charge in [-0.2, -0.15) is 0 Å². The van der Waals surface area contributed by atoms with Gasteiger partial charge in [-0.15, -0.1) is 0 Å². The summed E-state index contributed by atoms with van der Waals surface area (Å²) in [7, 11) is -5.04. The molecule has 2 saturated heterocycles. The Bertz CT molecular complexity index is 2780. The van der Waals surface area contributed by atoms with Crippen LogP contribution in [-0.4, -0.2) is 198 Å². The number of hydrogen-bond donors (Lipinski definition) is 16. The maximum Gasteiger partial charge on any atom is 0.524 e. The zero-order valence-corrected chi connectivity index (χ0v) is 48.7. The molecule has 0 saturated carbocycles. The monoisotopic (exact) mass is 1250 g/mol. The van der Waals surface area contributed by atoms with Crippen molar-refractivity contribution in [2.24, 2.45) is 23.1 Å². The molecule has 0 aromatic heterocycles. The van der Waals surface area contributed by atoms with E-state index in [1.165, 1.54) is 17.0 Å². The van der Waals surface area contributed by atoms with E-state index in [4.69, 9.17) is 22.3 Å². The van der Waals surface area contributed by atoms with E-state index in [9.17, 15) is 96.5 Å². The van der Waals surface area contributed by atoms with Crippen LogP contribution in [0.2, 0.25) is 0 Å². The lowest BCUT2D eigenvalue weighted by Crippen LogP contribution is -2.69. The molecule has 1 aromatic rings. The first-order valence-electron chi connectivity index (χ1n) is 27.5. The molecule has 0 spiro atoms. The van der Waals surface area contributed by atoms with Crippen molar-refractivity contribution in [2.75, 3.05) is 19.6 Å². The third-order valence-electron chi connectivity index (χ3n) is 13.6. The highest BCUT2D eigenvalue weighted by atomic mass is 31.2. The summed E-state index contributed by atoms with van der Waals surface area (Å²) in [5.41, 5.74) is 20.0. The standard InChI is InChI=1S/C51H76N13O22P/c1-25(2)21-34(51(81)82)62-46(76)33(23-39(55)67)61-43(73)29(14-18-42(71)72)57-40(68)24-56-47(77)35-5-3-20-64(35)50(80)31(13-16-38(54)66)59-45(75)32(22-26-7-9-27(10-8-26)86-87(83,84)85)60-44(74)30(12-15-37(53)65)58-48(78)36-6-4-19-63(36)49(79)28(52)11-17-41(69)70/h7-10,25,28-36H,3-6,11-24,52H2,1-2H3,(H2,53,65)(H2,54,66)(H2,55,67)(H,56,77)(H,57,68)(H,58,78)(H,59,75)(H,60,74)(H,61,73)(H,62,76)(H,69,70)(H,71,72)(H,81,82)(H2,83,84,85)/p+1/t28-,29-,30-,31-,32-,33-,34-,35-,36-/m0/s1. The van der Waals surface area contributed by atoms with Gasteiger partial charge in [-0.3, -0.25) is 76.9 Å². The number of likely N-dealkylation sites (tertiary alicyclic amines) is 2. The van der Waals surface area contributed by atoms with Crippen LogP contribution in [0.4, 0.5) is 0 Å². The summed E-state index contributed by atoms with van der Waals surface area (Å²) in [6, 6.07) is -8.88. The number of carboxylic acid groups (broad SMARTS) is 3. The van der Waals surface area contributed by atoms with Gasteiger partial charge < -0.3 is 89.8 Å². The number of phosphoric acid groups is 1. The number of hydrogen-bond acceptors (Lipinski definition) is 17. The first-order valence-corrected chi connectivity index (χ1v) is 29.1. The Balaban J connectivity index is 1.90. The number of aliphatic carboxylic acids is 3. The molecule has 35 nitrogen and oxygen atoms in total. The molecule has 0 radical (unpaired) electrons. The van der Waals surface area contributed by atoms with E-state index in [-0.39, 0.29) is 68.8 Å². The van der Waals surface area contributed by atoms with Crippen molar-refractivity contribution in [3.8, 4) is 5.75 Å². The molecule has 87 heavy (non-hydrogen) atoms. The van der Waals surface area contributed by atoms with E-state index >= 15 is 0 Å². The molecule has 3 rings (SSSR count). The van der Waals surface area contributed by atoms with Crippen LogP contribution in [-0.2, 0) is 82.9 Å². The average molecular weight is 1260 g/mol. The molecule has 9 atom stereocenters. The van der Waals surface area contributed by atoms with Crippen molar-refractivity contribution in [3.63, 3.8) is 0 Å². The first-order chi connectivity index (χ1) is 40.6. The summed E-state index contributed by atoms with van der Waals surface area (Å²) in [6.07, 6.45) is -4.64. The average Bonchev–Trinajstić information content (AvgIpc) is 4.24. The van der Waals surface area contributed by atoms with E-state index < -0.39 is 209 Å². The molecular formula is C51H77N13O22P+. The third-order valence-corrected chi connectivity index (χ3v) is 14.1. The Morgan fingerprint density at radius 2 is 1.05 bits per heavy atom. The molecule has 482 valence electrons. The largest absolute Gasteiger partial charge is 0.524 e. The molecule has 36 heteroatoms. The second-order valence-corrected chi connectivity index (χ2v) is 22.3. The molecule has 0 bridgehead atoms. The molecular weight excluding hydrogens is 1180 g/mol. The lowest BCUT2D eigenvalue weighted by atomic mass is 10.0. The Morgan fingerprint density at radius 1 is 0.586 bits per heavy atom. The number of carbonyl (C=O) groups is 15. The zero-order valence-electron chi connectivity index (χ0n) is 47.8. The van der Waals surface area contributed by atoms with Gasteiger partial charge in [-0.1, -0.05) is 26.0 Å². The molecule has 2 aliphatic rings. The summed E-state index contributed by atoms with van der Waals surface area (Å²) in [4.78, 5) is 216. The van der Waals surface area contributed by atoms with Gasteiger partial charge in [0.25, 0.3) is 5.91 Å². The molecule has 0 unspecified atom stereocenters. The number of amides is 12. The van der Waals surface area contributed by atoms with Gasteiger partial charge in [0.05, 0.1) is 19.4 Å². The minimum Gasteiger partial charge on any atom is -0.481 e. The minimum atomic E-state index is -5.04. The molecule has 2 heterocycles. The van der Waals surface area contributed by atoms with E-state index in [0.717, 1.165) is 17.0 Å². The third kappa shape index (κ3) is 25.3. The Morgan fingerprint density at radius 3 is 1.56 bits per heavy atom. The highest BCUT2D eigenvalue weighted by Crippen LogP contribution is 2.37. The predicted molar refractivity (Wildman–Crippen MR) is 295 cm³/mol. The number of rotatable bonds is 37. The van der Waals surface area contributed by atoms with Gasteiger partial charge in [0.1, 0.15) is 54.1 Å². The lowest BCUT2D eigenvalue weighted by molar-refractivity contribution is -0.407. The van der Waals surface area contributed by atoms with E-state index in [1.807, 2.05) is 0 Å². The maximum atomic E-state index is 14.5. The molecule has 12 amide bonds. The number of nitrogens with one attached hydrogen (secondary N) is 7. The molecule has 1 aromatic carbocycles. The number of phosphoric ester groups is 1. The van der Waals surface area contributed by atoms with Gasteiger partial charge in [0.2, 0.25) is 65.0 Å². The van der Waals surface area contributed by atoms with Gasteiger partial charge in [-0.05, 0) is 75.0 Å². The topological polar surface area (TPSA) is 580 Å². The minimum absolute atomic E-state index is 0.0330. The van der Waals surface area contributed by atoms with Crippen molar-refractivity contribution >= 4 is 96.6 Å². The lowest BCUT2D eigenvalue weighted by Gasteiger charge is -2.30. The summed E-state index contributed by atoms with van der Waals surface area (Å²) in [5.74, 6) is -16.6. The van der Waals surface area contributed by atoms with Crippen molar-refractivity contribution < 1.29 is 112 Å². The van der Waals surface area contributed by atoms with E-state index in [0.29, 0.717) is 6.42 Å². The SMILES string of the molecule is CC(C)C[C@H](NC(=O)[C@H](CC(N)=O)NC(=O)[C@H](CCC(=O)O)NC(=O)CNC(=O)[C@@H]1CCCN1C(=O)[C@H](CCC(N)=O)NC(=O)[C@H](Cc1ccc(OP(=O)(O)O)cc1)NC(=O)[C@H](CCC(N)=O)NC(=O)[C@@H]1CCCN1C(=O)[C@@H]([NH3+])CCC(=O)O)C(=O)O. The predicted octanol–water partition coefficient (Wildman–Crippen LogP) is -6.42. The summed E-state index contributed by atoms with van der Waals surface area (Å²) >= 11 is 0. The van der Waals surface area contributed by atoms with Gasteiger partial charge in [0.15, 0.2) is 6.04 Å². The molecule has 21 N–H and O–H groups in total. The number of benzene rings is 1. The van der Waals surface area contributed by atoms with Crippen LogP contribution in [0.1, 0.15) is 109 Å². The Labute approximate surface area is 497 Å². The number of nitrogens with zero attached hydrogens (tertiary/aromatic N) is 2. The van der Waals surface area contributed by atoms with Gasteiger partial charge in [0, 0.05) is 45.2 Å². The van der Waals surface area contributed by atoms with Crippen molar-refractivity contribution in [3.05, 3.63) is 29.8 Å². The van der Waals surface area contributed by atoms with Crippen LogP contribution < -0.4 is 64.7 Å². The highest BCUT2D eigenvalue weighted by Gasteiger charge is 2.42. The number of quaternary nitrogens is 1. The fourth-order valence-electron chi connectivity index (χ4n) is 9.36. The highest BCUT2D eigenvalue weighted by molar-refractivity contribution is 7.46. The quantitative estimate of drug-likeness (QED) is 0.0276. The van der Waals surface area contributed by atoms with E-state index in [2.05, 4.69) is 47.5 Å². The van der Waals surface area contributed by atoms with Crippen LogP contribution >= 0.6 is 7.82 Å². The van der Waals surface area contributed by atoms with Crippen molar-refractivity contribution in [2.45, 2.75) is 165 Å². The van der Waals surface area contributed by atoms with Gasteiger partial charge in [-0.25, -0.2) is 9.36 Å². The Hall–Kier alpha value is -8.82. The second kappa shape index (κ2) is 34.4. The smallest absolute Gasteiger partial charge is 0.481 e. The second-order valence-electron chi connectivity index (χ2n) is 21.2. The van der Waals surface area contributed by atoms with Crippen molar-refractivity contribution in [1.82, 2.24) is 47.0 Å². The number of nitrogens with two attached hydrogens (primary N) is 3. The molecule has 2 aliphatic heterocycles. The molecule has 2 fully saturated rings. The fraction of sp³-hybridized carbons (Fsp3) is 0.588. The summed E-state index contributed by atoms with van der Waals surface area (Å²) < 4.78 is 16.1. The Kier molecular flexibility index (Phi) is 28.6. The van der Waals surface area contributed by atoms with Crippen LogP contribution in [0.3, 0.4) is 0 Å². The maximum absolute atomic E-state index is 14.5. The van der Waals surface area contributed by atoms with Crippen LogP contribution in [0.25, 0.3) is 0 Å². The normalized spacial score (nSPS) is 17.1. The van der Waals surface area contributed by atoms with E-state index in [1.54, 1.807) is 13.8 Å². The number of carbonyl (C=O) groups excluding carboxylic acids is 12.